The van der Waals surface area contributed by atoms with Gasteiger partial charge in [-0.15, -0.1) is 5.48 Å². The minimum atomic E-state index is -2.26. The van der Waals surface area contributed by atoms with Crippen LogP contribution in [0, 0.1) is 0 Å². The Labute approximate surface area is 59.3 Å². The van der Waals surface area contributed by atoms with E-state index >= 15 is 0 Å². The van der Waals surface area contributed by atoms with Crippen LogP contribution in [0.2, 0.25) is 0 Å². The first-order chi connectivity index (χ1) is 4.80. The van der Waals surface area contributed by atoms with Crippen molar-refractivity contribution in [3.8, 4) is 0 Å². The maximum atomic E-state index is 10.2. The predicted octanol–water partition coefficient (Wildman–Crippen LogP) is -0.400. The van der Waals surface area contributed by atoms with Crippen molar-refractivity contribution in [2.75, 3.05) is 0 Å². The van der Waals surface area contributed by atoms with Gasteiger partial charge in [0.05, 0.1) is 0 Å². The zero-order chi connectivity index (χ0) is 7.40. The van der Waals surface area contributed by atoms with Crippen molar-refractivity contribution in [2.24, 2.45) is 0 Å². The molecule has 0 saturated carbocycles. The van der Waals surface area contributed by atoms with Crippen molar-refractivity contribution in [1.29, 1.82) is 0 Å². The molecule has 0 aromatic rings. The van der Waals surface area contributed by atoms with E-state index in [-0.39, 0.29) is 4.99 Å². The molecule has 0 unspecified atom stereocenters. The van der Waals surface area contributed by atoms with E-state index in [0.717, 1.165) is 0 Å². The van der Waals surface area contributed by atoms with Crippen LogP contribution in [-0.2, 0) is 15.1 Å². The van der Waals surface area contributed by atoms with Gasteiger partial charge in [0.25, 0.3) is 0 Å². The van der Waals surface area contributed by atoms with E-state index in [1.807, 2.05) is 0 Å². The van der Waals surface area contributed by atoms with Crippen molar-refractivity contribution in [1.82, 2.24) is 5.48 Å². The summed E-state index contributed by atoms with van der Waals surface area (Å²) < 4.78 is 20.5. The molecule has 1 heterocycles. The Balaban J connectivity index is 2.96. The molecule has 0 spiro atoms. The monoisotopic (exact) mass is 159 g/mol. The Morgan fingerprint density at radius 2 is 2.20 bits per heavy atom. The third-order valence-electron chi connectivity index (χ3n) is 0.844. The van der Waals surface area contributed by atoms with Gasteiger partial charge in [0.1, 0.15) is 6.26 Å². The summed E-state index contributed by atoms with van der Waals surface area (Å²) in [5, 5.41) is 0. The van der Waals surface area contributed by atoms with E-state index in [2.05, 4.69) is 10.3 Å². The molecule has 1 aliphatic rings. The standard InChI is InChI=1S/C5H5NO3S/c7-10(8)5-3-1-2-4-9-6-5/h1-4,6H. The summed E-state index contributed by atoms with van der Waals surface area (Å²) in [7, 11) is -2.26. The topological polar surface area (TPSA) is 55.4 Å². The number of hydroxylamine groups is 1. The van der Waals surface area contributed by atoms with Crippen LogP contribution in [0.4, 0.5) is 0 Å². The van der Waals surface area contributed by atoms with Gasteiger partial charge < -0.3 is 4.84 Å². The van der Waals surface area contributed by atoms with Gasteiger partial charge >= 0.3 is 0 Å². The normalized spacial score (nSPS) is 16.2. The largest absolute Gasteiger partial charge is 0.411 e. The molecule has 10 heavy (non-hydrogen) atoms. The Kier molecular flexibility index (Phi) is 2.24. The van der Waals surface area contributed by atoms with E-state index in [0.29, 0.717) is 0 Å². The lowest BCUT2D eigenvalue weighted by molar-refractivity contribution is 0.197. The molecular weight excluding hydrogens is 154 g/mol. The zero-order valence-electron chi connectivity index (χ0n) is 4.94. The van der Waals surface area contributed by atoms with Gasteiger partial charge in [0.2, 0.25) is 10.3 Å². The lowest BCUT2D eigenvalue weighted by Crippen LogP contribution is -2.18. The molecule has 1 rings (SSSR count). The molecule has 0 aliphatic carbocycles. The number of nitrogens with one attached hydrogen (secondary N) is 1. The first kappa shape index (κ1) is 7.04. The number of rotatable bonds is 0. The Morgan fingerprint density at radius 1 is 1.40 bits per heavy atom. The van der Waals surface area contributed by atoms with E-state index in [9.17, 15) is 8.42 Å². The summed E-state index contributed by atoms with van der Waals surface area (Å²) >= 11 is 0. The molecular formula is C5H5NO3S. The fourth-order valence-corrected chi connectivity index (χ4v) is 0.749. The van der Waals surface area contributed by atoms with Gasteiger partial charge in [-0.3, -0.25) is 0 Å². The van der Waals surface area contributed by atoms with Crippen molar-refractivity contribution in [3.05, 3.63) is 24.5 Å². The van der Waals surface area contributed by atoms with Crippen LogP contribution >= 0.6 is 0 Å². The highest BCUT2D eigenvalue weighted by molar-refractivity contribution is 7.73. The molecule has 0 atom stereocenters. The summed E-state index contributed by atoms with van der Waals surface area (Å²) in [6.45, 7) is 0. The maximum absolute atomic E-state index is 10.2. The van der Waals surface area contributed by atoms with Gasteiger partial charge in [0.15, 0.2) is 4.99 Å². The smallest absolute Gasteiger partial charge is 0.235 e. The maximum Gasteiger partial charge on any atom is 0.235 e. The van der Waals surface area contributed by atoms with Crippen molar-refractivity contribution in [2.45, 2.75) is 0 Å². The van der Waals surface area contributed by atoms with Crippen LogP contribution in [-0.4, -0.2) is 13.4 Å². The SMILES string of the molecule is O=S(=O)=C1C=CC=CON1. The summed E-state index contributed by atoms with van der Waals surface area (Å²) in [6.07, 6.45) is 5.88. The second kappa shape index (κ2) is 3.19. The van der Waals surface area contributed by atoms with Gasteiger partial charge in [-0.05, 0) is 12.2 Å². The van der Waals surface area contributed by atoms with E-state index < -0.39 is 10.3 Å². The zero-order valence-corrected chi connectivity index (χ0v) is 5.76. The highest BCUT2D eigenvalue weighted by Crippen LogP contribution is 1.85. The fraction of sp³-hybridized carbons (Fsp3) is 0. The van der Waals surface area contributed by atoms with Crippen LogP contribution in [0.3, 0.4) is 0 Å². The molecule has 0 aromatic heterocycles. The number of allylic oxidation sites excluding steroid dienone is 2. The molecule has 1 aliphatic heterocycles. The van der Waals surface area contributed by atoms with Crippen LogP contribution in [0.1, 0.15) is 0 Å². The Bertz CT molecular complexity index is 291. The lowest BCUT2D eigenvalue weighted by Gasteiger charge is -1.94. The lowest BCUT2D eigenvalue weighted by atomic mass is 10.5. The van der Waals surface area contributed by atoms with Crippen LogP contribution < -0.4 is 5.48 Å². The van der Waals surface area contributed by atoms with Crippen molar-refractivity contribution in [3.63, 3.8) is 0 Å². The summed E-state index contributed by atoms with van der Waals surface area (Å²) in [6, 6.07) is 0. The average Bonchev–Trinajstić information content (AvgIpc) is 2.12. The molecule has 0 radical (unpaired) electrons. The van der Waals surface area contributed by atoms with Gasteiger partial charge in [-0.25, -0.2) is 0 Å². The van der Waals surface area contributed by atoms with Crippen molar-refractivity contribution < 1.29 is 13.3 Å². The second-order valence-electron chi connectivity index (χ2n) is 1.51. The van der Waals surface area contributed by atoms with Crippen molar-refractivity contribution >= 4 is 15.3 Å². The van der Waals surface area contributed by atoms with E-state index in [4.69, 9.17) is 0 Å². The summed E-state index contributed by atoms with van der Waals surface area (Å²) in [5.41, 5.74) is 2.21. The molecule has 0 amide bonds. The third kappa shape index (κ3) is 1.71. The minimum absolute atomic E-state index is 0.0185. The molecule has 0 fully saturated rings. The molecule has 0 saturated heterocycles. The van der Waals surface area contributed by atoms with Crippen LogP contribution in [0.15, 0.2) is 24.5 Å². The molecule has 5 heteroatoms. The molecule has 0 bridgehead atoms. The first-order valence-electron chi connectivity index (χ1n) is 2.52. The minimum Gasteiger partial charge on any atom is -0.411 e. The van der Waals surface area contributed by atoms with Gasteiger partial charge in [-0.1, -0.05) is 6.08 Å². The summed E-state index contributed by atoms with van der Waals surface area (Å²) in [5.74, 6) is 0. The third-order valence-corrected chi connectivity index (χ3v) is 1.42. The van der Waals surface area contributed by atoms with Gasteiger partial charge in [0, 0.05) is 0 Å². The highest BCUT2D eigenvalue weighted by atomic mass is 32.2. The van der Waals surface area contributed by atoms with E-state index in [1.165, 1.54) is 12.3 Å². The second-order valence-corrected chi connectivity index (χ2v) is 2.42. The van der Waals surface area contributed by atoms with Crippen LogP contribution in [0.25, 0.3) is 0 Å². The Morgan fingerprint density at radius 3 is 2.90 bits per heavy atom. The van der Waals surface area contributed by atoms with Crippen LogP contribution in [0.5, 0.6) is 0 Å². The van der Waals surface area contributed by atoms with E-state index in [1.54, 1.807) is 12.2 Å². The molecule has 4 nitrogen and oxygen atoms in total. The summed E-state index contributed by atoms with van der Waals surface area (Å²) in [4.78, 5) is 4.56. The molecule has 1 N–H and O–H groups in total. The van der Waals surface area contributed by atoms with Gasteiger partial charge in [-0.2, -0.15) is 8.42 Å². The predicted molar refractivity (Wildman–Crippen MR) is 36.4 cm³/mol. The Hall–Kier alpha value is -1.07. The molecule has 54 valence electrons. The molecule has 0 aromatic carbocycles. The highest BCUT2D eigenvalue weighted by Gasteiger charge is 1.95. The quantitative estimate of drug-likeness (QED) is 0.489. The fourth-order valence-electron chi connectivity index (χ4n) is 0.443. The number of hydrogen-bond donors (Lipinski definition) is 1. The average molecular weight is 159 g/mol. The number of hydrogen-bond acceptors (Lipinski definition) is 3. The first-order valence-corrected chi connectivity index (χ1v) is 3.59.